The summed E-state index contributed by atoms with van der Waals surface area (Å²) in [5.74, 6) is 1.34. The second-order valence-electron chi connectivity index (χ2n) is 6.41. The summed E-state index contributed by atoms with van der Waals surface area (Å²) in [6, 6.07) is 8.80. The van der Waals surface area contributed by atoms with Crippen LogP contribution in [0.4, 0.5) is 5.69 Å². The molecular formula is C17H29N3. The highest BCUT2D eigenvalue weighted by atomic mass is 15.1. The average Bonchev–Trinajstić information content (AvgIpc) is 2.46. The fourth-order valence-electron chi connectivity index (χ4n) is 2.93. The molecule has 0 bridgehead atoms. The molecule has 2 rings (SSSR count). The van der Waals surface area contributed by atoms with Crippen molar-refractivity contribution in [2.75, 3.05) is 45.2 Å². The number of piperidine rings is 1. The van der Waals surface area contributed by atoms with Gasteiger partial charge in [0.15, 0.2) is 0 Å². The first-order valence-corrected chi connectivity index (χ1v) is 7.80. The molecule has 1 unspecified atom stereocenters. The predicted octanol–water partition coefficient (Wildman–Crippen LogP) is 2.53. The van der Waals surface area contributed by atoms with Gasteiger partial charge in [-0.1, -0.05) is 19.1 Å². The zero-order valence-electron chi connectivity index (χ0n) is 13.2. The molecule has 0 spiro atoms. The SMILES string of the molecule is CC1CCN(CC(CN)c2cccc(N(C)C)c2)CC1. The molecule has 1 saturated heterocycles. The minimum Gasteiger partial charge on any atom is -0.378 e. The molecule has 0 saturated carbocycles. The van der Waals surface area contributed by atoms with Gasteiger partial charge in [0.2, 0.25) is 0 Å². The van der Waals surface area contributed by atoms with E-state index in [1.165, 1.54) is 37.2 Å². The molecule has 0 amide bonds. The molecule has 3 nitrogen and oxygen atoms in total. The van der Waals surface area contributed by atoms with Gasteiger partial charge in [-0.3, -0.25) is 0 Å². The molecule has 1 aliphatic rings. The molecule has 3 heteroatoms. The number of anilines is 1. The van der Waals surface area contributed by atoms with Crippen LogP contribution in [0.2, 0.25) is 0 Å². The summed E-state index contributed by atoms with van der Waals surface area (Å²) >= 11 is 0. The summed E-state index contributed by atoms with van der Waals surface area (Å²) in [6.07, 6.45) is 2.66. The van der Waals surface area contributed by atoms with E-state index in [-0.39, 0.29) is 0 Å². The third-order valence-corrected chi connectivity index (χ3v) is 4.50. The molecular weight excluding hydrogens is 246 g/mol. The number of benzene rings is 1. The Labute approximate surface area is 123 Å². The molecule has 1 aliphatic heterocycles. The van der Waals surface area contributed by atoms with Gasteiger partial charge in [-0.2, -0.15) is 0 Å². The van der Waals surface area contributed by atoms with Crippen molar-refractivity contribution < 1.29 is 0 Å². The number of nitrogens with zero attached hydrogens (tertiary/aromatic N) is 2. The van der Waals surface area contributed by atoms with E-state index in [9.17, 15) is 0 Å². The van der Waals surface area contributed by atoms with E-state index < -0.39 is 0 Å². The Balaban J connectivity index is 2.02. The Bertz CT molecular complexity index is 408. The van der Waals surface area contributed by atoms with Gasteiger partial charge in [-0.05, 0) is 49.5 Å². The fraction of sp³-hybridized carbons (Fsp3) is 0.647. The minimum absolute atomic E-state index is 0.448. The summed E-state index contributed by atoms with van der Waals surface area (Å²) in [5.41, 5.74) is 8.67. The van der Waals surface area contributed by atoms with Crippen LogP contribution in [-0.4, -0.2) is 45.2 Å². The van der Waals surface area contributed by atoms with E-state index in [0.29, 0.717) is 5.92 Å². The molecule has 1 heterocycles. The van der Waals surface area contributed by atoms with E-state index in [1.807, 2.05) is 0 Å². The van der Waals surface area contributed by atoms with Crippen LogP contribution in [0.1, 0.15) is 31.2 Å². The zero-order valence-corrected chi connectivity index (χ0v) is 13.2. The average molecular weight is 275 g/mol. The Hall–Kier alpha value is -1.06. The summed E-state index contributed by atoms with van der Waals surface area (Å²) in [7, 11) is 4.17. The van der Waals surface area contributed by atoms with Gasteiger partial charge in [0.1, 0.15) is 0 Å². The Morgan fingerprint density at radius 3 is 2.60 bits per heavy atom. The van der Waals surface area contributed by atoms with E-state index in [1.54, 1.807) is 0 Å². The minimum atomic E-state index is 0.448. The van der Waals surface area contributed by atoms with Crippen molar-refractivity contribution in [3.63, 3.8) is 0 Å². The zero-order chi connectivity index (χ0) is 14.5. The fourth-order valence-corrected chi connectivity index (χ4v) is 2.93. The normalized spacial score (nSPS) is 19.0. The lowest BCUT2D eigenvalue weighted by atomic mass is 9.94. The van der Waals surface area contributed by atoms with Gasteiger partial charge in [0.05, 0.1) is 0 Å². The van der Waals surface area contributed by atoms with Crippen LogP contribution >= 0.6 is 0 Å². The van der Waals surface area contributed by atoms with Crippen LogP contribution in [0.15, 0.2) is 24.3 Å². The third-order valence-electron chi connectivity index (χ3n) is 4.50. The Kier molecular flexibility index (Phi) is 5.44. The van der Waals surface area contributed by atoms with Gasteiger partial charge in [0, 0.05) is 38.8 Å². The molecule has 20 heavy (non-hydrogen) atoms. The van der Waals surface area contributed by atoms with Gasteiger partial charge >= 0.3 is 0 Å². The molecule has 112 valence electrons. The predicted molar refractivity (Wildman–Crippen MR) is 87.4 cm³/mol. The highest BCUT2D eigenvalue weighted by molar-refractivity contribution is 5.48. The monoisotopic (exact) mass is 275 g/mol. The van der Waals surface area contributed by atoms with Crippen LogP contribution in [0, 0.1) is 5.92 Å². The molecule has 2 N–H and O–H groups in total. The van der Waals surface area contributed by atoms with Gasteiger partial charge in [-0.15, -0.1) is 0 Å². The van der Waals surface area contributed by atoms with Crippen LogP contribution < -0.4 is 10.6 Å². The van der Waals surface area contributed by atoms with Gasteiger partial charge < -0.3 is 15.5 Å². The van der Waals surface area contributed by atoms with Crippen molar-refractivity contribution in [1.29, 1.82) is 0 Å². The maximum atomic E-state index is 6.04. The Morgan fingerprint density at radius 1 is 1.30 bits per heavy atom. The maximum Gasteiger partial charge on any atom is 0.0363 e. The van der Waals surface area contributed by atoms with Crippen LogP contribution in [0.3, 0.4) is 0 Å². The van der Waals surface area contributed by atoms with Crippen molar-refractivity contribution in [3.8, 4) is 0 Å². The number of nitrogens with two attached hydrogens (primary N) is 1. The second-order valence-corrected chi connectivity index (χ2v) is 6.41. The maximum absolute atomic E-state index is 6.04. The Morgan fingerprint density at radius 2 is 2.00 bits per heavy atom. The lowest BCUT2D eigenvalue weighted by Gasteiger charge is -2.33. The summed E-state index contributed by atoms with van der Waals surface area (Å²) in [6.45, 7) is 6.64. The molecule has 1 aromatic rings. The lowest BCUT2D eigenvalue weighted by Crippen LogP contribution is -2.37. The van der Waals surface area contributed by atoms with Crippen LogP contribution in [0.25, 0.3) is 0 Å². The van der Waals surface area contributed by atoms with Crippen molar-refractivity contribution >= 4 is 5.69 Å². The molecule has 0 aliphatic carbocycles. The number of hydrogen-bond acceptors (Lipinski definition) is 3. The molecule has 1 fully saturated rings. The van der Waals surface area contributed by atoms with Crippen LogP contribution in [-0.2, 0) is 0 Å². The van der Waals surface area contributed by atoms with Crippen molar-refractivity contribution in [2.45, 2.75) is 25.7 Å². The third kappa shape index (κ3) is 3.97. The first-order valence-electron chi connectivity index (χ1n) is 7.80. The highest BCUT2D eigenvalue weighted by Crippen LogP contribution is 2.24. The largest absolute Gasteiger partial charge is 0.378 e. The van der Waals surface area contributed by atoms with E-state index in [4.69, 9.17) is 5.73 Å². The quantitative estimate of drug-likeness (QED) is 0.896. The molecule has 1 atom stereocenters. The van der Waals surface area contributed by atoms with Crippen molar-refractivity contribution in [3.05, 3.63) is 29.8 Å². The smallest absolute Gasteiger partial charge is 0.0363 e. The van der Waals surface area contributed by atoms with Crippen molar-refractivity contribution in [1.82, 2.24) is 4.90 Å². The van der Waals surface area contributed by atoms with E-state index in [0.717, 1.165) is 19.0 Å². The summed E-state index contributed by atoms with van der Waals surface area (Å²) < 4.78 is 0. The van der Waals surface area contributed by atoms with E-state index >= 15 is 0 Å². The first kappa shape index (κ1) is 15.3. The van der Waals surface area contributed by atoms with Gasteiger partial charge in [0.25, 0.3) is 0 Å². The summed E-state index contributed by atoms with van der Waals surface area (Å²) in [4.78, 5) is 4.74. The molecule has 0 aromatic heterocycles. The number of rotatable bonds is 5. The first-order chi connectivity index (χ1) is 9.60. The lowest BCUT2D eigenvalue weighted by molar-refractivity contribution is 0.183. The summed E-state index contributed by atoms with van der Waals surface area (Å²) in [5, 5.41) is 0. The van der Waals surface area contributed by atoms with E-state index in [2.05, 4.69) is 55.1 Å². The standard InChI is InChI=1S/C17H29N3/c1-14-7-9-20(10-8-14)13-16(12-18)15-5-4-6-17(11-15)19(2)3/h4-6,11,14,16H,7-10,12-13,18H2,1-3H3. The van der Waals surface area contributed by atoms with Gasteiger partial charge in [-0.25, -0.2) is 0 Å². The molecule has 1 aromatic carbocycles. The van der Waals surface area contributed by atoms with Crippen molar-refractivity contribution in [2.24, 2.45) is 11.7 Å². The van der Waals surface area contributed by atoms with Crippen LogP contribution in [0.5, 0.6) is 0 Å². The number of hydrogen-bond donors (Lipinski definition) is 1. The number of likely N-dealkylation sites (tertiary alicyclic amines) is 1. The molecule has 0 radical (unpaired) electrons. The topological polar surface area (TPSA) is 32.5 Å². The highest BCUT2D eigenvalue weighted by Gasteiger charge is 2.20. The second kappa shape index (κ2) is 7.09.